The summed E-state index contributed by atoms with van der Waals surface area (Å²) < 4.78 is 0. The molecule has 0 radical (unpaired) electrons. The van der Waals surface area contributed by atoms with Crippen molar-refractivity contribution < 1.29 is 4.79 Å². The average molecular weight is 378 g/mol. The highest BCUT2D eigenvalue weighted by molar-refractivity contribution is 8.14. The topological polar surface area (TPSA) is 57.2 Å². The molecule has 1 unspecified atom stereocenters. The van der Waals surface area contributed by atoms with Crippen LogP contribution in [0.2, 0.25) is 0 Å². The molecule has 0 fully saturated rings. The lowest BCUT2D eigenvalue weighted by molar-refractivity contribution is -0.128. The number of nitrogens with one attached hydrogen (secondary N) is 2. The van der Waals surface area contributed by atoms with E-state index in [1.807, 2.05) is 38.2 Å². The molecule has 0 bridgehead atoms. The summed E-state index contributed by atoms with van der Waals surface area (Å²) in [6.45, 7) is 4.80. The summed E-state index contributed by atoms with van der Waals surface area (Å²) in [4.78, 5) is 20.8. The van der Waals surface area contributed by atoms with Crippen LogP contribution in [0, 0.1) is 5.41 Å². The molecule has 2 aromatic carbocycles. The Morgan fingerprint density at radius 2 is 1.96 bits per heavy atom. The number of rotatable bonds is 4. The number of carbonyl (C=O) groups excluding carboxylic acids is 1. The minimum atomic E-state index is -0.642. The van der Waals surface area contributed by atoms with Crippen molar-refractivity contribution in [2.45, 2.75) is 19.8 Å². The van der Waals surface area contributed by atoms with Crippen molar-refractivity contribution in [3.05, 3.63) is 71.9 Å². The maximum Gasteiger partial charge on any atom is 0.232 e. The third-order valence-electron chi connectivity index (χ3n) is 5.16. The van der Waals surface area contributed by atoms with Crippen LogP contribution in [0.3, 0.4) is 0 Å². The summed E-state index contributed by atoms with van der Waals surface area (Å²) in [6, 6.07) is 18.7. The first-order chi connectivity index (χ1) is 13.1. The van der Waals surface area contributed by atoms with Crippen LogP contribution in [0.1, 0.15) is 30.9 Å². The molecule has 5 heteroatoms. The van der Waals surface area contributed by atoms with Crippen LogP contribution in [-0.4, -0.2) is 28.4 Å². The highest BCUT2D eigenvalue weighted by atomic mass is 32.2. The van der Waals surface area contributed by atoms with Gasteiger partial charge in [0.15, 0.2) is 5.17 Å². The fraction of sp³-hybridized carbons (Fsp3) is 0.273. The lowest BCUT2D eigenvalue weighted by Gasteiger charge is -2.34. The Labute approximate surface area is 163 Å². The molecule has 1 aliphatic heterocycles. The summed E-state index contributed by atoms with van der Waals surface area (Å²) in [7, 11) is 0. The van der Waals surface area contributed by atoms with Crippen LogP contribution >= 0.6 is 11.8 Å². The van der Waals surface area contributed by atoms with Gasteiger partial charge in [0.2, 0.25) is 5.91 Å². The van der Waals surface area contributed by atoms with E-state index in [9.17, 15) is 4.79 Å². The fourth-order valence-corrected chi connectivity index (χ4v) is 4.45. The standard InChI is InChI=1S/C22H23N3OS/c1-22(2,20(26)25-21-24-12-13-27-21)19(15-6-4-3-5-7-15)17-8-9-18-16(14-17)10-11-23-18/h3-11,14,19,23H,12-13H2,1-2H3,(H,24,25,26). The maximum atomic E-state index is 13.2. The van der Waals surface area contributed by atoms with E-state index in [0.717, 1.165) is 39.5 Å². The first kappa shape index (κ1) is 17.9. The van der Waals surface area contributed by atoms with E-state index in [2.05, 4.69) is 51.7 Å². The zero-order valence-corrected chi connectivity index (χ0v) is 16.3. The minimum absolute atomic E-state index is 0.00123. The van der Waals surface area contributed by atoms with Crippen LogP contribution in [0.4, 0.5) is 0 Å². The zero-order valence-electron chi connectivity index (χ0n) is 15.5. The van der Waals surface area contributed by atoms with Gasteiger partial charge in [-0.3, -0.25) is 9.79 Å². The number of aliphatic imine (C=N–C) groups is 1. The summed E-state index contributed by atoms with van der Waals surface area (Å²) in [5.41, 5.74) is 2.73. The van der Waals surface area contributed by atoms with Gasteiger partial charge in [0.1, 0.15) is 0 Å². The fourth-order valence-electron chi connectivity index (χ4n) is 3.72. The molecule has 138 valence electrons. The number of H-pyrrole nitrogens is 1. The van der Waals surface area contributed by atoms with E-state index in [1.165, 1.54) is 0 Å². The molecule has 3 aromatic rings. The number of aromatic amines is 1. The molecule has 0 saturated carbocycles. The third kappa shape index (κ3) is 3.52. The van der Waals surface area contributed by atoms with E-state index in [4.69, 9.17) is 0 Å². The van der Waals surface area contributed by atoms with Crippen molar-refractivity contribution in [2.24, 2.45) is 10.4 Å². The van der Waals surface area contributed by atoms with Gasteiger partial charge in [-0.15, -0.1) is 0 Å². The average Bonchev–Trinajstić information content (AvgIpc) is 3.33. The Morgan fingerprint density at radius 1 is 1.15 bits per heavy atom. The van der Waals surface area contributed by atoms with Gasteiger partial charge in [-0.1, -0.05) is 62.0 Å². The van der Waals surface area contributed by atoms with Crippen LogP contribution in [0.5, 0.6) is 0 Å². The van der Waals surface area contributed by atoms with E-state index in [-0.39, 0.29) is 11.8 Å². The molecule has 1 aromatic heterocycles. The van der Waals surface area contributed by atoms with E-state index >= 15 is 0 Å². The van der Waals surface area contributed by atoms with Crippen molar-refractivity contribution in [1.29, 1.82) is 0 Å². The quantitative estimate of drug-likeness (QED) is 0.701. The predicted molar refractivity (Wildman–Crippen MR) is 113 cm³/mol. The van der Waals surface area contributed by atoms with Crippen molar-refractivity contribution >= 4 is 33.7 Å². The summed E-state index contributed by atoms with van der Waals surface area (Å²) in [5.74, 6) is 0.867. The number of nitrogens with zero attached hydrogens (tertiary/aromatic N) is 1. The minimum Gasteiger partial charge on any atom is -0.361 e. The number of hydrogen-bond acceptors (Lipinski definition) is 3. The Morgan fingerprint density at radius 3 is 2.70 bits per heavy atom. The molecule has 0 aliphatic carbocycles. The Hall–Kier alpha value is -2.53. The first-order valence-corrected chi connectivity index (χ1v) is 10.1. The van der Waals surface area contributed by atoms with Crippen molar-refractivity contribution in [3.63, 3.8) is 0 Å². The second-order valence-corrected chi connectivity index (χ2v) is 8.46. The molecule has 1 amide bonds. The number of carbonyl (C=O) groups is 1. The first-order valence-electron chi connectivity index (χ1n) is 9.16. The van der Waals surface area contributed by atoms with Crippen molar-refractivity contribution in [3.8, 4) is 0 Å². The van der Waals surface area contributed by atoms with Gasteiger partial charge >= 0.3 is 0 Å². The number of amides is 1. The van der Waals surface area contributed by atoms with Crippen LogP contribution in [0.25, 0.3) is 10.9 Å². The molecule has 27 heavy (non-hydrogen) atoms. The Bertz CT molecular complexity index is 991. The molecular formula is C22H23N3OS. The highest BCUT2D eigenvalue weighted by Gasteiger charge is 2.39. The van der Waals surface area contributed by atoms with Gasteiger partial charge in [0, 0.05) is 23.4 Å². The molecule has 4 nitrogen and oxygen atoms in total. The number of hydrogen-bond donors (Lipinski definition) is 2. The van der Waals surface area contributed by atoms with E-state index in [0.29, 0.717) is 0 Å². The second kappa shape index (κ2) is 7.24. The summed E-state index contributed by atoms with van der Waals surface area (Å²) in [6.07, 6.45) is 1.94. The van der Waals surface area contributed by atoms with Crippen LogP contribution < -0.4 is 5.32 Å². The number of fused-ring (bicyclic) bond motifs is 1. The second-order valence-electron chi connectivity index (χ2n) is 7.38. The number of benzene rings is 2. The molecule has 1 aliphatic rings. The Kier molecular flexibility index (Phi) is 4.79. The third-order valence-corrected chi connectivity index (χ3v) is 6.05. The van der Waals surface area contributed by atoms with Crippen molar-refractivity contribution in [1.82, 2.24) is 10.3 Å². The van der Waals surface area contributed by atoms with Gasteiger partial charge < -0.3 is 10.3 Å². The van der Waals surface area contributed by atoms with Crippen LogP contribution in [-0.2, 0) is 4.79 Å². The van der Waals surface area contributed by atoms with Gasteiger partial charge in [0.25, 0.3) is 0 Å². The van der Waals surface area contributed by atoms with Gasteiger partial charge in [-0.2, -0.15) is 0 Å². The molecule has 0 saturated heterocycles. The smallest absolute Gasteiger partial charge is 0.232 e. The van der Waals surface area contributed by atoms with Gasteiger partial charge in [0.05, 0.1) is 12.0 Å². The number of aromatic nitrogens is 1. The van der Waals surface area contributed by atoms with Gasteiger partial charge in [-0.25, -0.2) is 0 Å². The molecular weight excluding hydrogens is 354 g/mol. The zero-order chi connectivity index (χ0) is 18.9. The van der Waals surface area contributed by atoms with Crippen molar-refractivity contribution in [2.75, 3.05) is 12.3 Å². The summed E-state index contributed by atoms with van der Waals surface area (Å²) in [5, 5.41) is 4.93. The monoisotopic (exact) mass is 377 g/mol. The largest absolute Gasteiger partial charge is 0.361 e. The number of amidine groups is 1. The molecule has 4 rings (SSSR count). The number of thioether (sulfide) groups is 1. The van der Waals surface area contributed by atoms with E-state index < -0.39 is 5.41 Å². The normalized spacial score (nSPS) is 15.6. The molecule has 2 heterocycles. The van der Waals surface area contributed by atoms with Gasteiger partial charge in [-0.05, 0) is 34.7 Å². The highest BCUT2D eigenvalue weighted by Crippen LogP contribution is 2.42. The van der Waals surface area contributed by atoms with Crippen LogP contribution in [0.15, 0.2) is 65.8 Å². The maximum absolute atomic E-state index is 13.2. The molecule has 0 spiro atoms. The lowest BCUT2D eigenvalue weighted by atomic mass is 9.70. The molecule has 2 N–H and O–H groups in total. The Balaban J connectivity index is 1.75. The van der Waals surface area contributed by atoms with E-state index in [1.54, 1.807) is 11.8 Å². The molecule has 1 atom stereocenters. The predicted octanol–water partition coefficient (Wildman–Crippen LogP) is 4.55. The summed E-state index contributed by atoms with van der Waals surface area (Å²) >= 11 is 1.61. The SMILES string of the molecule is CC(C)(C(=O)NC1=NCCS1)C(c1ccccc1)c1ccc2[nH]ccc2c1. The lowest BCUT2D eigenvalue weighted by Crippen LogP contribution is -2.43.